The van der Waals surface area contributed by atoms with E-state index in [1.807, 2.05) is 43.3 Å². The zero-order valence-electron chi connectivity index (χ0n) is 10.6. The largest absolute Gasteiger partial charge is 0.342 e. The Morgan fingerprint density at radius 1 is 0.895 bits per heavy atom. The van der Waals surface area contributed by atoms with Crippen molar-refractivity contribution in [1.82, 2.24) is 0 Å². The van der Waals surface area contributed by atoms with Crippen LogP contribution >= 0.6 is 0 Å². The molecule has 0 aliphatic carbocycles. The fraction of sp³-hybridized carbons (Fsp3) is 0.250. The molecule has 2 nitrogen and oxygen atoms in total. The Hall–Kier alpha value is -1.71. The van der Waals surface area contributed by atoms with Crippen LogP contribution in [0.25, 0.3) is 0 Å². The fourth-order valence-electron chi connectivity index (χ4n) is 2.34. The molecule has 1 aliphatic rings. The second kappa shape index (κ2) is 5.11. The van der Waals surface area contributed by atoms with Gasteiger partial charge in [0, 0.05) is 11.1 Å². The van der Waals surface area contributed by atoms with E-state index in [4.69, 9.17) is 9.47 Å². The lowest BCUT2D eigenvalue weighted by atomic mass is 10.1. The maximum absolute atomic E-state index is 13.8. The summed E-state index contributed by atoms with van der Waals surface area (Å²) < 4.78 is 25.5. The van der Waals surface area contributed by atoms with Crippen LogP contribution in [0, 0.1) is 5.82 Å². The van der Waals surface area contributed by atoms with Crippen molar-refractivity contribution in [3.05, 3.63) is 71.5 Å². The van der Waals surface area contributed by atoms with Gasteiger partial charge < -0.3 is 9.47 Å². The van der Waals surface area contributed by atoms with Crippen LogP contribution < -0.4 is 0 Å². The van der Waals surface area contributed by atoms with Gasteiger partial charge in [0.1, 0.15) is 11.9 Å². The molecule has 1 unspecified atom stereocenters. The van der Waals surface area contributed by atoms with E-state index >= 15 is 0 Å². The Morgan fingerprint density at radius 3 is 2.32 bits per heavy atom. The summed E-state index contributed by atoms with van der Waals surface area (Å²) in [5.74, 6) is -0.253. The van der Waals surface area contributed by atoms with E-state index in [1.165, 1.54) is 6.07 Å². The Labute approximate surface area is 111 Å². The lowest BCUT2D eigenvalue weighted by Gasteiger charge is -2.13. The van der Waals surface area contributed by atoms with Crippen molar-refractivity contribution < 1.29 is 13.9 Å². The summed E-state index contributed by atoms with van der Waals surface area (Å²) in [5.41, 5.74) is 1.50. The molecule has 1 heterocycles. The van der Waals surface area contributed by atoms with Crippen molar-refractivity contribution >= 4 is 0 Å². The zero-order chi connectivity index (χ0) is 13.2. The molecule has 1 fully saturated rings. The average molecular weight is 258 g/mol. The van der Waals surface area contributed by atoms with Gasteiger partial charge in [0.15, 0.2) is 6.29 Å². The van der Waals surface area contributed by atoms with Crippen molar-refractivity contribution in [2.24, 2.45) is 0 Å². The van der Waals surface area contributed by atoms with E-state index in [1.54, 1.807) is 12.1 Å². The fourth-order valence-corrected chi connectivity index (χ4v) is 2.34. The first-order valence-electron chi connectivity index (χ1n) is 6.36. The van der Waals surface area contributed by atoms with Gasteiger partial charge in [-0.2, -0.15) is 0 Å². The SMILES string of the molecule is C[C@H]1OC(c2ccccc2)O[C@@H]1c1ccccc1F. The third-order valence-corrected chi connectivity index (χ3v) is 3.32. The number of hydrogen-bond donors (Lipinski definition) is 0. The van der Waals surface area contributed by atoms with Crippen molar-refractivity contribution in [2.45, 2.75) is 25.4 Å². The van der Waals surface area contributed by atoms with E-state index in [0.29, 0.717) is 5.56 Å². The van der Waals surface area contributed by atoms with Gasteiger partial charge in [-0.05, 0) is 13.0 Å². The molecule has 3 rings (SSSR count). The molecule has 0 N–H and O–H groups in total. The van der Waals surface area contributed by atoms with Crippen LogP contribution in [-0.4, -0.2) is 6.10 Å². The second-order valence-electron chi connectivity index (χ2n) is 4.66. The molecule has 1 saturated heterocycles. The first-order chi connectivity index (χ1) is 9.25. The third-order valence-electron chi connectivity index (χ3n) is 3.32. The summed E-state index contributed by atoms with van der Waals surface area (Å²) in [5, 5.41) is 0. The summed E-state index contributed by atoms with van der Waals surface area (Å²) in [6.07, 6.45) is -0.977. The molecular weight excluding hydrogens is 243 g/mol. The minimum absolute atomic E-state index is 0.179. The molecular formula is C16H15FO2. The summed E-state index contributed by atoms with van der Waals surface area (Å²) >= 11 is 0. The Bertz CT molecular complexity index is 556. The van der Waals surface area contributed by atoms with Crippen LogP contribution in [0.4, 0.5) is 4.39 Å². The standard InChI is InChI=1S/C16H15FO2/c1-11-15(13-9-5-6-10-14(13)17)19-16(18-11)12-7-3-2-4-8-12/h2-11,15-16H,1H3/t11-,15+,16?/m1/s1. The average Bonchev–Trinajstić information content (AvgIpc) is 2.82. The molecule has 2 aromatic carbocycles. The predicted octanol–water partition coefficient (Wildman–Crippen LogP) is 4.00. The van der Waals surface area contributed by atoms with Crippen LogP contribution in [0.5, 0.6) is 0 Å². The molecule has 19 heavy (non-hydrogen) atoms. The van der Waals surface area contributed by atoms with Crippen molar-refractivity contribution in [2.75, 3.05) is 0 Å². The summed E-state index contributed by atoms with van der Waals surface area (Å²) in [6, 6.07) is 16.4. The molecule has 2 aromatic rings. The van der Waals surface area contributed by atoms with Crippen molar-refractivity contribution in [3.8, 4) is 0 Å². The van der Waals surface area contributed by atoms with Gasteiger partial charge in [0.25, 0.3) is 0 Å². The number of hydrogen-bond acceptors (Lipinski definition) is 2. The molecule has 0 saturated carbocycles. The molecule has 3 atom stereocenters. The van der Waals surface area contributed by atoms with Crippen LogP contribution in [0.3, 0.4) is 0 Å². The van der Waals surface area contributed by atoms with Gasteiger partial charge in [-0.3, -0.25) is 0 Å². The highest BCUT2D eigenvalue weighted by Crippen LogP contribution is 2.40. The first-order valence-corrected chi connectivity index (χ1v) is 6.36. The predicted molar refractivity (Wildman–Crippen MR) is 70.0 cm³/mol. The van der Waals surface area contributed by atoms with Crippen LogP contribution in [0.1, 0.15) is 30.4 Å². The molecule has 3 heteroatoms. The minimum Gasteiger partial charge on any atom is -0.342 e. The summed E-state index contributed by atoms with van der Waals surface area (Å²) in [7, 11) is 0. The smallest absolute Gasteiger partial charge is 0.185 e. The minimum atomic E-state index is -0.430. The summed E-state index contributed by atoms with van der Waals surface area (Å²) in [4.78, 5) is 0. The first kappa shape index (κ1) is 12.3. The van der Waals surface area contributed by atoms with E-state index in [-0.39, 0.29) is 18.0 Å². The van der Waals surface area contributed by atoms with Gasteiger partial charge >= 0.3 is 0 Å². The molecule has 1 aliphatic heterocycles. The van der Waals surface area contributed by atoms with Crippen LogP contribution in [0.15, 0.2) is 54.6 Å². The highest BCUT2D eigenvalue weighted by molar-refractivity contribution is 5.23. The maximum atomic E-state index is 13.8. The van der Waals surface area contributed by atoms with Gasteiger partial charge in [-0.25, -0.2) is 4.39 Å². The van der Waals surface area contributed by atoms with Gasteiger partial charge in [0.2, 0.25) is 0 Å². The Balaban J connectivity index is 1.85. The molecule has 0 amide bonds. The van der Waals surface area contributed by atoms with E-state index in [2.05, 4.69) is 0 Å². The van der Waals surface area contributed by atoms with Gasteiger partial charge in [-0.15, -0.1) is 0 Å². The van der Waals surface area contributed by atoms with E-state index < -0.39 is 6.29 Å². The Kier molecular flexibility index (Phi) is 3.32. The quantitative estimate of drug-likeness (QED) is 0.810. The molecule has 0 aromatic heterocycles. The number of ether oxygens (including phenoxy) is 2. The second-order valence-corrected chi connectivity index (χ2v) is 4.66. The topological polar surface area (TPSA) is 18.5 Å². The third kappa shape index (κ3) is 2.39. The number of halogens is 1. The highest BCUT2D eigenvalue weighted by atomic mass is 19.1. The van der Waals surface area contributed by atoms with Crippen molar-refractivity contribution in [1.29, 1.82) is 0 Å². The lowest BCUT2D eigenvalue weighted by molar-refractivity contribution is -0.0679. The molecule has 0 radical (unpaired) electrons. The molecule has 98 valence electrons. The zero-order valence-corrected chi connectivity index (χ0v) is 10.6. The number of benzene rings is 2. The van der Waals surface area contributed by atoms with E-state index in [9.17, 15) is 4.39 Å². The Morgan fingerprint density at radius 2 is 1.58 bits per heavy atom. The normalized spacial score (nSPS) is 26.5. The monoisotopic (exact) mass is 258 g/mol. The van der Waals surface area contributed by atoms with Crippen molar-refractivity contribution in [3.63, 3.8) is 0 Å². The summed E-state index contributed by atoms with van der Waals surface area (Å²) in [6.45, 7) is 1.90. The van der Waals surface area contributed by atoms with E-state index in [0.717, 1.165) is 5.56 Å². The molecule has 0 bridgehead atoms. The van der Waals surface area contributed by atoms with Gasteiger partial charge in [-0.1, -0.05) is 48.5 Å². The van der Waals surface area contributed by atoms with Crippen LogP contribution in [0.2, 0.25) is 0 Å². The molecule has 0 spiro atoms. The van der Waals surface area contributed by atoms with Gasteiger partial charge in [0.05, 0.1) is 6.10 Å². The number of rotatable bonds is 2. The highest BCUT2D eigenvalue weighted by Gasteiger charge is 2.36. The lowest BCUT2D eigenvalue weighted by Crippen LogP contribution is -2.11. The maximum Gasteiger partial charge on any atom is 0.185 e. The van der Waals surface area contributed by atoms with Crippen LogP contribution in [-0.2, 0) is 9.47 Å².